The summed E-state index contributed by atoms with van der Waals surface area (Å²) in [6, 6.07) is 8.99. The fourth-order valence-corrected chi connectivity index (χ4v) is 6.91. The summed E-state index contributed by atoms with van der Waals surface area (Å²) < 4.78 is 0. The van der Waals surface area contributed by atoms with Crippen LogP contribution in [0.1, 0.15) is 74.9 Å². The Balaban J connectivity index is 0.000000216. The van der Waals surface area contributed by atoms with Crippen molar-refractivity contribution in [3.8, 4) is 0 Å². The van der Waals surface area contributed by atoms with E-state index >= 15 is 0 Å². The maximum atomic E-state index is 4.49. The van der Waals surface area contributed by atoms with Gasteiger partial charge in [0.1, 0.15) is 0 Å². The summed E-state index contributed by atoms with van der Waals surface area (Å²) in [6.45, 7) is 30.3. The summed E-state index contributed by atoms with van der Waals surface area (Å²) >= 11 is 0. The van der Waals surface area contributed by atoms with Crippen molar-refractivity contribution in [2.24, 2.45) is 0 Å². The van der Waals surface area contributed by atoms with Gasteiger partial charge in [-0.2, -0.15) is 12.4 Å². The average Bonchev–Trinajstić information content (AvgIpc) is 3.50. The van der Waals surface area contributed by atoms with Crippen LogP contribution in [0.5, 0.6) is 0 Å². The van der Waals surface area contributed by atoms with Gasteiger partial charge in [-0.3, -0.25) is 0 Å². The van der Waals surface area contributed by atoms with E-state index in [1.807, 2.05) is 36.7 Å². The van der Waals surface area contributed by atoms with Crippen molar-refractivity contribution in [1.29, 1.82) is 0 Å². The number of benzene rings is 2. The molecule has 6 nitrogen and oxygen atoms in total. The van der Waals surface area contributed by atoms with Crippen LogP contribution in [0.15, 0.2) is 119 Å². The van der Waals surface area contributed by atoms with Crippen LogP contribution in [0.3, 0.4) is 0 Å². The van der Waals surface area contributed by atoms with Gasteiger partial charge in [0, 0.05) is 34.2 Å². The molecule has 0 aliphatic carbocycles. The van der Waals surface area contributed by atoms with E-state index in [0.29, 0.717) is 0 Å². The van der Waals surface area contributed by atoms with Gasteiger partial charge in [0.05, 0.1) is 0 Å². The van der Waals surface area contributed by atoms with Gasteiger partial charge in [0.15, 0.2) is 0 Å². The SMILES string of the molecule is CC1=C(C)N(c2c(C)cc(C)cc2C)[CH-]N1/C(C)=C1/C=CC=C[N-]1.CC1=C(C)N(c2c(C)cc(C)cc2C)[CH-]N1/C(C)=C1/C=CC=C[N-]1.[Fe+4]. The Labute approximate surface area is 306 Å². The molecule has 0 atom stereocenters. The van der Waals surface area contributed by atoms with E-state index in [9.17, 15) is 0 Å². The Bertz CT molecular complexity index is 1680. The van der Waals surface area contributed by atoms with Crippen LogP contribution in [0.2, 0.25) is 0 Å². The summed E-state index contributed by atoms with van der Waals surface area (Å²) in [4.78, 5) is 9.06. The minimum Gasteiger partial charge on any atom is -0.663 e. The molecule has 2 aromatic rings. The second-order valence-electron chi connectivity index (χ2n) is 13.1. The number of allylic oxidation sites excluding steroid dienone is 12. The Morgan fingerprint density at radius 2 is 0.816 bits per heavy atom. The van der Waals surface area contributed by atoms with Crippen LogP contribution in [-0.4, -0.2) is 9.80 Å². The molecule has 4 heterocycles. The van der Waals surface area contributed by atoms with Gasteiger partial charge < -0.3 is 30.2 Å². The normalized spacial score (nSPS) is 18.9. The van der Waals surface area contributed by atoms with E-state index in [1.165, 1.54) is 67.5 Å². The van der Waals surface area contributed by atoms with Gasteiger partial charge in [0.2, 0.25) is 0 Å². The molecule has 4 aliphatic heterocycles. The number of rotatable bonds is 4. The van der Waals surface area contributed by atoms with Crippen LogP contribution in [-0.2, 0) is 17.1 Å². The zero-order valence-corrected chi connectivity index (χ0v) is 32.2. The number of hydrogen-bond donors (Lipinski definition) is 0. The third-order valence-corrected chi connectivity index (χ3v) is 9.50. The minimum absolute atomic E-state index is 0. The molecule has 2 aromatic carbocycles. The first-order valence-electron chi connectivity index (χ1n) is 16.7. The van der Waals surface area contributed by atoms with Crippen molar-refractivity contribution < 1.29 is 17.1 Å². The van der Waals surface area contributed by atoms with Gasteiger partial charge in [-0.05, 0) is 117 Å². The monoisotopic (exact) mass is 694 g/mol. The Hall–Kier alpha value is -4.32. The van der Waals surface area contributed by atoms with Crippen molar-refractivity contribution >= 4 is 11.4 Å². The first kappa shape index (κ1) is 37.5. The Morgan fingerprint density at radius 3 is 1.10 bits per heavy atom. The fourth-order valence-electron chi connectivity index (χ4n) is 6.91. The van der Waals surface area contributed by atoms with Crippen LogP contribution < -0.4 is 9.80 Å². The summed E-state index contributed by atoms with van der Waals surface area (Å²) in [5.41, 5.74) is 19.6. The van der Waals surface area contributed by atoms with E-state index in [4.69, 9.17) is 0 Å². The van der Waals surface area contributed by atoms with Gasteiger partial charge in [-0.1, -0.05) is 71.8 Å². The summed E-state index contributed by atoms with van der Waals surface area (Å²) in [5.74, 6) is 0. The molecule has 0 radical (unpaired) electrons. The van der Waals surface area contributed by atoms with Crippen molar-refractivity contribution in [2.45, 2.75) is 83.1 Å². The zero-order chi connectivity index (χ0) is 34.9. The summed E-state index contributed by atoms with van der Waals surface area (Å²) in [7, 11) is 0. The molecule has 49 heavy (non-hydrogen) atoms. The quantitative estimate of drug-likeness (QED) is 0.236. The predicted molar refractivity (Wildman–Crippen MR) is 204 cm³/mol. The molecule has 0 amide bonds. The maximum absolute atomic E-state index is 4.49. The van der Waals surface area contributed by atoms with Crippen LogP contribution in [0.25, 0.3) is 10.6 Å². The topological polar surface area (TPSA) is 41.2 Å². The second-order valence-corrected chi connectivity index (χ2v) is 13.1. The standard InChI is InChI=1S/2C21H25N3.Fe/c2*1-14-11-15(2)21(16(3)12-14)24-13-23(17(4)18(24)5)19(6)20-9-7-8-10-22-20;/h2*7-13H,1-6H3;/q2*-2;+4/b2*20-19-;. The minimum atomic E-state index is 0. The first-order valence-corrected chi connectivity index (χ1v) is 16.7. The van der Waals surface area contributed by atoms with Crippen LogP contribution in [0, 0.1) is 54.9 Å². The zero-order valence-electron chi connectivity index (χ0n) is 31.1. The average molecular weight is 695 g/mol. The van der Waals surface area contributed by atoms with Crippen molar-refractivity contribution in [1.82, 2.24) is 9.80 Å². The van der Waals surface area contributed by atoms with Gasteiger partial charge in [0.25, 0.3) is 0 Å². The second kappa shape index (κ2) is 15.5. The number of anilines is 2. The van der Waals surface area contributed by atoms with E-state index in [2.05, 4.69) is 163 Å². The molecule has 0 unspecified atom stereocenters. The summed E-state index contributed by atoms with van der Waals surface area (Å²) in [6.07, 6.45) is 15.7. The molecule has 0 saturated carbocycles. The molecule has 0 N–H and O–H groups in total. The van der Waals surface area contributed by atoms with Gasteiger partial charge in [-0.15, -0.1) is 24.7 Å². The van der Waals surface area contributed by atoms with Crippen LogP contribution in [0.4, 0.5) is 11.4 Å². The Morgan fingerprint density at radius 1 is 0.490 bits per heavy atom. The van der Waals surface area contributed by atoms with E-state index in [-0.39, 0.29) is 17.1 Å². The van der Waals surface area contributed by atoms with Crippen molar-refractivity contribution in [3.05, 3.63) is 176 Å². The predicted octanol–water partition coefficient (Wildman–Crippen LogP) is 11.6. The summed E-state index contributed by atoms with van der Waals surface area (Å²) in [5, 5.41) is 8.97. The molecule has 0 spiro atoms. The van der Waals surface area contributed by atoms with Gasteiger partial charge in [-0.25, -0.2) is 0 Å². The van der Waals surface area contributed by atoms with E-state index in [0.717, 1.165) is 22.8 Å². The number of hydrogen-bond acceptors (Lipinski definition) is 4. The first-order chi connectivity index (χ1) is 22.8. The molecular weight excluding hydrogens is 644 g/mol. The molecule has 6 rings (SSSR count). The largest absolute Gasteiger partial charge is 4.00 e. The van der Waals surface area contributed by atoms with Gasteiger partial charge >= 0.3 is 17.1 Å². The molecule has 4 aliphatic rings. The third kappa shape index (κ3) is 7.64. The van der Waals surface area contributed by atoms with Crippen molar-refractivity contribution in [3.63, 3.8) is 0 Å². The smallest absolute Gasteiger partial charge is 0.663 e. The molecule has 0 saturated heterocycles. The number of aryl methyl sites for hydroxylation is 6. The van der Waals surface area contributed by atoms with Crippen molar-refractivity contribution in [2.75, 3.05) is 9.80 Å². The van der Waals surface area contributed by atoms with E-state index in [1.54, 1.807) is 0 Å². The van der Waals surface area contributed by atoms with Crippen LogP contribution >= 0.6 is 0 Å². The third-order valence-electron chi connectivity index (χ3n) is 9.50. The molecular formula is C42H50FeN6. The fraction of sp³-hybridized carbons (Fsp3) is 0.286. The molecule has 256 valence electrons. The Kier molecular flexibility index (Phi) is 11.9. The molecule has 0 bridgehead atoms. The molecule has 0 fully saturated rings. The van der Waals surface area contributed by atoms with E-state index < -0.39 is 0 Å². The maximum Gasteiger partial charge on any atom is 4.00 e. The molecule has 7 heteroatoms. The molecule has 0 aromatic heterocycles. The number of nitrogens with zero attached hydrogens (tertiary/aromatic N) is 6.